The molecule has 0 aliphatic carbocycles. The van der Waals surface area contributed by atoms with Crippen molar-refractivity contribution in [3.63, 3.8) is 0 Å². The second-order valence-electron chi connectivity index (χ2n) is 4.17. The first-order valence-corrected chi connectivity index (χ1v) is 7.34. The minimum atomic E-state index is -3.68. The van der Waals surface area contributed by atoms with Gasteiger partial charge in [0, 0.05) is 0 Å². The van der Waals surface area contributed by atoms with Gasteiger partial charge < -0.3 is 5.73 Å². The van der Waals surface area contributed by atoms with Gasteiger partial charge in [0.1, 0.15) is 0 Å². The van der Waals surface area contributed by atoms with Crippen molar-refractivity contribution in [3.8, 4) is 6.07 Å². The second-order valence-corrected chi connectivity index (χ2v) is 5.85. The molecular formula is C14H13N3O2S. The number of anilines is 2. The molecule has 0 bridgehead atoms. The first-order valence-electron chi connectivity index (χ1n) is 5.86. The van der Waals surface area contributed by atoms with Gasteiger partial charge in [-0.05, 0) is 29.8 Å². The highest BCUT2D eigenvalue weighted by Gasteiger charge is 2.15. The quantitative estimate of drug-likeness (QED) is 0.842. The minimum absolute atomic E-state index is 0.127. The summed E-state index contributed by atoms with van der Waals surface area (Å²) in [5.74, 6) is 0. The number of nitrogens with zero attached hydrogens (tertiary/aromatic N) is 1. The van der Waals surface area contributed by atoms with Crippen molar-refractivity contribution in [1.82, 2.24) is 0 Å². The van der Waals surface area contributed by atoms with Crippen molar-refractivity contribution in [2.75, 3.05) is 10.5 Å². The van der Waals surface area contributed by atoms with Gasteiger partial charge in [-0.1, -0.05) is 24.3 Å². The topological polar surface area (TPSA) is 96.0 Å². The monoisotopic (exact) mass is 287 g/mol. The number of nitrogen functional groups attached to an aromatic ring is 1. The molecule has 0 aliphatic rings. The average molecular weight is 287 g/mol. The van der Waals surface area contributed by atoms with Crippen molar-refractivity contribution < 1.29 is 8.42 Å². The van der Waals surface area contributed by atoms with Gasteiger partial charge in [0.15, 0.2) is 0 Å². The summed E-state index contributed by atoms with van der Waals surface area (Å²) in [6.45, 7) is 0. The lowest BCUT2D eigenvalue weighted by molar-refractivity contribution is 0.601. The van der Waals surface area contributed by atoms with Crippen molar-refractivity contribution in [1.29, 1.82) is 5.26 Å². The van der Waals surface area contributed by atoms with E-state index in [0.717, 1.165) is 5.56 Å². The maximum Gasteiger partial charge on any atom is 0.261 e. The number of para-hydroxylation sites is 2. The molecule has 0 heterocycles. The molecule has 0 aliphatic heterocycles. The first kappa shape index (κ1) is 13.9. The Balaban J connectivity index is 2.27. The third-order valence-electron chi connectivity index (χ3n) is 2.72. The lowest BCUT2D eigenvalue weighted by atomic mass is 10.2. The lowest BCUT2D eigenvalue weighted by Gasteiger charge is -2.10. The minimum Gasteiger partial charge on any atom is -0.397 e. The Morgan fingerprint density at radius 3 is 2.35 bits per heavy atom. The lowest BCUT2D eigenvalue weighted by Crippen LogP contribution is -2.14. The van der Waals surface area contributed by atoms with Crippen LogP contribution in [0, 0.1) is 11.3 Å². The SMILES string of the molecule is N#CCc1ccc(S(=O)(=O)Nc2ccccc2N)cc1. The number of hydrogen-bond donors (Lipinski definition) is 2. The van der Waals surface area contributed by atoms with E-state index in [0.29, 0.717) is 11.4 Å². The molecule has 0 aromatic heterocycles. The van der Waals surface area contributed by atoms with Crippen molar-refractivity contribution in [2.24, 2.45) is 0 Å². The molecule has 20 heavy (non-hydrogen) atoms. The third kappa shape index (κ3) is 3.08. The van der Waals surface area contributed by atoms with Crippen LogP contribution in [-0.2, 0) is 16.4 Å². The van der Waals surface area contributed by atoms with E-state index in [4.69, 9.17) is 11.0 Å². The van der Waals surface area contributed by atoms with Crippen molar-refractivity contribution in [3.05, 3.63) is 54.1 Å². The Bertz CT molecular complexity index is 747. The van der Waals surface area contributed by atoms with Crippen molar-refractivity contribution in [2.45, 2.75) is 11.3 Å². The predicted octanol–water partition coefficient (Wildman–Crippen LogP) is 2.14. The summed E-state index contributed by atoms with van der Waals surface area (Å²) in [6, 6.07) is 14.8. The number of sulfonamides is 1. The van der Waals surface area contributed by atoms with E-state index in [-0.39, 0.29) is 11.3 Å². The van der Waals surface area contributed by atoms with Crippen molar-refractivity contribution >= 4 is 21.4 Å². The summed E-state index contributed by atoms with van der Waals surface area (Å²) in [7, 11) is -3.68. The zero-order valence-corrected chi connectivity index (χ0v) is 11.4. The highest BCUT2D eigenvalue weighted by atomic mass is 32.2. The Morgan fingerprint density at radius 1 is 1.10 bits per heavy atom. The predicted molar refractivity (Wildman–Crippen MR) is 77.4 cm³/mol. The summed E-state index contributed by atoms with van der Waals surface area (Å²) in [5, 5.41) is 8.58. The van der Waals surface area contributed by atoms with Crippen LogP contribution in [0.15, 0.2) is 53.4 Å². The number of nitrogens with one attached hydrogen (secondary N) is 1. The standard InChI is InChI=1S/C14H13N3O2S/c15-10-9-11-5-7-12(8-6-11)20(18,19)17-14-4-2-1-3-13(14)16/h1-8,17H,9,16H2. The zero-order valence-electron chi connectivity index (χ0n) is 10.6. The average Bonchev–Trinajstić information content (AvgIpc) is 2.42. The molecule has 3 N–H and O–H groups in total. The summed E-state index contributed by atoms with van der Waals surface area (Å²) >= 11 is 0. The van der Waals surface area contributed by atoms with Gasteiger partial charge in [-0.25, -0.2) is 8.42 Å². The van der Waals surface area contributed by atoms with Gasteiger partial charge in [0.2, 0.25) is 0 Å². The number of hydrogen-bond acceptors (Lipinski definition) is 4. The third-order valence-corrected chi connectivity index (χ3v) is 4.10. The van der Waals surface area contributed by atoms with Gasteiger partial charge >= 0.3 is 0 Å². The highest BCUT2D eigenvalue weighted by Crippen LogP contribution is 2.21. The van der Waals surface area contributed by atoms with Crippen LogP contribution in [-0.4, -0.2) is 8.42 Å². The van der Waals surface area contributed by atoms with Crippen LogP contribution in [0.5, 0.6) is 0 Å². The molecule has 0 saturated heterocycles. The molecule has 2 aromatic carbocycles. The Labute approximate surface area is 117 Å². The fourth-order valence-electron chi connectivity index (χ4n) is 1.67. The van der Waals surface area contributed by atoms with Gasteiger partial charge in [0.25, 0.3) is 10.0 Å². The molecule has 102 valence electrons. The van der Waals surface area contributed by atoms with Gasteiger partial charge in [-0.2, -0.15) is 5.26 Å². The van der Waals surface area contributed by atoms with E-state index in [1.807, 2.05) is 6.07 Å². The molecule has 2 rings (SSSR count). The van der Waals surface area contributed by atoms with Gasteiger partial charge in [0.05, 0.1) is 28.8 Å². The van der Waals surface area contributed by atoms with Crippen LogP contribution in [0.4, 0.5) is 11.4 Å². The van der Waals surface area contributed by atoms with E-state index in [1.54, 1.807) is 36.4 Å². The number of rotatable bonds is 4. The Morgan fingerprint density at radius 2 is 1.75 bits per heavy atom. The van der Waals surface area contributed by atoms with Crippen LogP contribution in [0.1, 0.15) is 5.56 Å². The van der Waals surface area contributed by atoms with Crippen LogP contribution in [0.25, 0.3) is 0 Å². The number of nitriles is 1. The molecule has 0 unspecified atom stereocenters. The molecule has 0 saturated carbocycles. The largest absolute Gasteiger partial charge is 0.397 e. The maximum absolute atomic E-state index is 12.2. The molecule has 2 aromatic rings. The van der Waals surface area contributed by atoms with E-state index in [9.17, 15) is 8.42 Å². The van der Waals surface area contributed by atoms with E-state index in [2.05, 4.69) is 4.72 Å². The normalized spacial score (nSPS) is 10.8. The molecule has 5 nitrogen and oxygen atoms in total. The number of benzene rings is 2. The van der Waals surface area contributed by atoms with E-state index < -0.39 is 10.0 Å². The Kier molecular flexibility index (Phi) is 3.91. The molecule has 0 fully saturated rings. The number of nitrogens with two attached hydrogens (primary N) is 1. The molecule has 0 atom stereocenters. The van der Waals surface area contributed by atoms with Crippen LogP contribution in [0.3, 0.4) is 0 Å². The summed E-state index contributed by atoms with van der Waals surface area (Å²) in [6.07, 6.45) is 0.249. The zero-order chi connectivity index (χ0) is 14.6. The van der Waals surface area contributed by atoms with Crippen LogP contribution in [0.2, 0.25) is 0 Å². The molecule has 0 radical (unpaired) electrons. The van der Waals surface area contributed by atoms with Crippen LogP contribution >= 0.6 is 0 Å². The Hall–Kier alpha value is -2.52. The van der Waals surface area contributed by atoms with E-state index in [1.165, 1.54) is 12.1 Å². The smallest absolute Gasteiger partial charge is 0.261 e. The van der Waals surface area contributed by atoms with Crippen LogP contribution < -0.4 is 10.5 Å². The summed E-state index contributed by atoms with van der Waals surface area (Å²) in [4.78, 5) is 0.127. The molecule has 0 amide bonds. The van der Waals surface area contributed by atoms with Gasteiger partial charge in [-0.15, -0.1) is 0 Å². The molecule has 0 spiro atoms. The summed E-state index contributed by atoms with van der Waals surface area (Å²) < 4.78 is 26.8. The highest BCUT2D eigenvalue weighted by molar-refractivity contribution is 7.92. The summed E-state index contributed by atoms with van der Waals surface area (Å²) in [5.41, 5.74) is 7.18. The van der Waals surface area contributed by atoms with E-state index >= 15 is 0 Å². The first-order chi connectivity index (χ1) is 9.53. The maximum atomic E-state index is 12.2. The fourth-order valence-corrected chi connectivity index (χ4v) is 2.76. The molecule has 6 heteroatoms. The second kappa shape index (κ2) is 5.63. The fraction of sp³-hybridized carbons (Fsp3) is 0.0714. The van der Waals surface area contributed by atoms with Gasteiger partial charge in [-0.3, -0.25) is 4.72 Å². The molecular weight excluding hydrogens is 274 g/mol.